The molecule has 1 aliphatic rings. The Hall–Kier alpha value is -1.44. The molecule has 1 aromatic rings. The van der Waals surface area contributed by atoms with Crippen molar-refractivity contribution in [1.82, 2.24) is 4.72 Å². The topological polar surface area (TPSA) is 75.7 Å². The van der Waals surface area contributed by atoms with Gasteiger partial charge in [-0.1, -0.05) is 0 Å². The summed E-state index contributed by atoms with van der Waals surface area (Å²) >= 11 is 0. The number of aryl methyl sites for hydroxylation is 1. The summed E-state index contributed by atoms with van der Waals surface area (Å²) in [6.45, 7) is 8.83. The molecule has 0 bridgehead atoms. The number of carbonyl (C=O) groups excluding carboxylic acids is 1. The van der Waals surface area contributed by atoms with E-state index in [1.807, 2.05) is 27.7 Å². The zero-order valence-corrected chi connectivity index (χ0v) is 15.8. The molecular weight excluding hydrogens is 328 g/mol. The predicted octanol–water partition coefficient (Wildman–Crippen LogP) is 1.95. The second-order valence-corrected chi connectivity index (χ2v) is 8.32. The average Bonchev–Trinajstić information content (AvgIpc) is 2.72. The van der Waals surface area contributed by atoms with Crippen molar-refractivity contribution in [3.8, 4) is 0 Å². The van der Waals surface area contributed by atoms with Gasteiger partial charge in [-0.15, -0.1) is 0 Å². The highest BCUT2D eigenvalue weighted by Crippen LogP contribution is 2.44. The maximum atomic E-state index is 12.6. The number of methoxy groups -OCH3 is 1. The molecule has 6 nitrogen and oxygen atoms in total. The van der Waals surface area contributed by atoms with Gasteiger partial charge in [0.2, 0.25) is 15.9 Å². The summed E-state index contributed by atoms with van der Waals surface area (Å²) in [4.78, 5) is 14.6. The Bertz CT molecular complexity index is 741. The van der Waals surface area contributed by atoms with Gasteiger partial charge in [0, 0.05) is 26.8 Å². The van der Waals surface area contributed by atoms with Gasteiger partial charge in [-0.3, -0.25) is 4.79 Å². The van der Waals surface area contributed by atoms with Gasteiger partial charge in [0.25, 0.3) is 0 Å². The normalized spacial score (nSPS) is 16.5. The summed E-state index contributed by atoms with van der Waals surface area (Å²) in [5, 5.41) is 0. The number of carbonyl (C=O) groups is 1. The molecule has 134 valence electrons. The number of hydrogen-bond acceptors (Lipinski definition) is 4. The average molecular weight is 354 g/mol. The quantitative estimate of drug-likeness (QED) is 0.760. The van der Waals surface area contributed by atoms with Crippen molar-refractivity contribution in [2.75, 3.05) is 31.7 Å². The molecule has 1 aliphatic heterocycles. The van der Waals surface area contributed by atoms with Crippen LogP contribution in [0.2, 0.25) is 0 Å². The Kier molecular flexibility index (Phi) is 5.37. The minimum absolute atomic E-state index is 0.00528. The summed E-state index contributed by atoms with van der Waals surface area (Å²) in [5.41, 5.74) is 1.68. The Labute approximate surface area is 144 Å². The van der Waals surface area contributed by atoms with Crippen molar-refractivity contribution in [2.45, 2.75) is 44.4 Å². The van der Waals surface area contributed by atoms with Crippen LogP contribution in [0, 0.1) is 6.92 Å². The molecule has 24 heavy (non-hydrogen) atoms. The molecule has 0 spiro atoms. The molecule has 1 amide bonds. The molecule has 1 aromatic carbocycles. The van der Waals surface area contributed by atoms with Crippen LogP contribution in [0.4, 0.5) is 5.69 Å². The molecule has 0 aliphatic carbocycles. The van der Waals surface area contributed by atoms with Gasteiger partial charge in [-0.25, -0.2) is 13.1 Å². The van der Waals surface area contributed by atoms with Gasteiger partial charge in [0.1, 0.15) is 0 Å². The summed E-state index contributed by atoms with van der Waals surface area (Å²) in [7, 11) is -2.03. The molecule has 0 saturated carbocycles. The largest absolute Gasteiger partial charge is 0.385 e. The van der Waals surface area contributed by atoms with E-state index < -0.39 is 15.4 Å². The number of anilines is 1. The SMILES string of the molecule is CCN1C(=O)C(C)(C)c2cc(S(=O)(=O)NCCCOC)cc(C)c21. The van der Waals surface area contributed by atoms with Crippen LogP contribution >= 0.6 is 0 Å². The van der Waals surface area contributed by atoms with E-state index in [0.717, 1.165) is 16.8 Å². The number of benzene rings is 1. The molecule has 0 radical (unpaired) electrons. The molecular formula is C17H26N2O4S. The highest BCUT2D eigenvalue weighted by atomic mass is 32.2. The molecule has 1 heterocycles. The molecule has 0 unspecified atom stereocenters. The number of nitrogens with one attached hydrogen (secondary N) is 1. The summed E-state index contributed by atoms with van der Waals surface area (Å²) in [5.74, 6) is 0.00528. The number of fused-ring (bicyclic) bond motifs is 1. The monoisotopic (exact) mass is 354 g/mol. The van der Waals surface area contributed by atoms with Gasteiger partial charge in [0.15, 0.2) is 0 Å². The van der Waals surface area contributed by atoms with Gasteiger partial charge in [-0.2, -0.15) is 0 Å². The zero-order valence-electron chi connectivity index (χ0n) is 15.0. The van der Waals surface area contributed by atoms with Crippen molar-refractivity contribution in [3.05, 3.63) is 23.3 Å². The van der Waals surface area contributed by atoms with E-state index in [1.54, 1.807) is 24.1 Å². The fourth-order valence-corrected chi connectivity index (χ4v) is 4.28. The van der Waals surface area contributed by atoms with E-state index in [4.69, 9.17) is 4.74 Å². The number of hydrogen-bond donors (Lipinski definition) is 1. The van der Waals surface area contributed by atoms with E-state index in [-0.39, 0.29) is 10.8 Å². The van der Waals surface area contributed by atoms with E-state index in [0.29, 0.717) is 26.1 Å². The lowest BCUT2D eigenvalue weighted by Gasteiger charge is -2.18. The molecule has 7 heteroatoms. The van der Waals surface area contributed by atoms with Crippen LogP contribution in [-0.4, -0.2) is 41.1 Å². The third kappa shape index (κ3) is 3.20. The van der Waals surface area contributed by atoms with Crippen LogP contribution in [0.15, 0.2) is 17.0 Å². The second-order valence-electron chi connectivity index (χ2n) is 6.55. The summed E-state index contributed by atoms with van der Waals surface area (Å²) in [6.07, 6.45) is 0.604. The molecule has 0 fully saturated rings. The first-order chi connectivity index (χ1) is 11.2. The second kappa shape index (κ2) is 6.82. The number of ether oxygens (including phenoxy) is 1. The Morgan fingerprint density at radius 2 is 1.96 bits per heavy atom. The summed E-state index contributed by atoms with van der Waals surface area (Å²) in [6, 6.07) is 3.27. The van der Waals surface area contributed by atoms with Crippen LogP contribution in [0.3, 0.4) is 0 Å². The van der Waals surface area contributed by atoms with Crippen molar-refractivity contribution in [2.24, 2.45) is 0 Å². The maximum absolute atomic E-state index is 12.6. The van der Waals surface area contributed by atoms with E-state index in [9.17, 15) is 13.2 Å². The fraction of sp³-hybridized carbons (Fsp3) is 0.588. The molecule has 1 N–H and O–H groups in total. The van der Waals surface area contributed by atoms with E-state index in [2.05, 4.69) is 4.72 Å². The van der Waals surface area contributed by atoms with Crippen LogP contribution in [0.1, 0.15) is 38.3 Å². The number of amides is 1. The molecule has 2 rings (SSSR count). The first-order valence-corrected chi connectivity index (χ1v) is 9.60. The smallest absolute Gasteiger partial charge is 0.240 e. The van der Waals surface area contributed by atoms with Crippen molar-refractivity contribution in [1.29, 1.82) is 0 Å². The molecule has 0 saturated heterocycles. The van der Waals surface area contributed by atoms with Crippen LogP contribution < -0.4 is 9.62 Å². The van der Waals surface area contributed by atoms with Gasteiger partial charge >= 0.3 is 0 Å². The van der Waals surface area contributed by atoms with Gasteiger partial charge in [-0.05, 0) is 57.4 Å². The molecule has 0 atom stereocenters. The fourth-order valence-electron chi connectivity index (χ4n) is 3.10. The van der Waals surface area contributed by atoms with Crippen molar-refractivity contribution < 1.29 is 17.9 Å². The highest BCUT2D eigenvalue weighted by molar-refractivity contribution is 7.89. The first kappa shape index (κ1) is 18.9. The zero-order chi connectivity index (χ0) is 18.1. The number of sulfonamides is 1. The minimum Gasteiger partial charge on any atom is -0.385 e. The Balaban J connectivity index is 2.42. The van der Waals surface area contributed by atoms with Crippen LogP contribution in [-0.2, 0) is 25.0 Å². The third-order valence-electron chi connectivity index (χ3n) is 4.44. The Morgan fingerprint density at radius 1 is 1.29 bits per heavy atom. The lowest BCUT2D eigenvalue weighted by molar-refractivity contribution is -0.122. The van der Waals surface area contributed by atoms with Crippen LogP contribution in [0.25, 0.3) is 0 Å². The lowest BCUT2D eigenvalue weighted by Crippen LogP contribution is -2.36. The lowest BCUT2D eigenvalue weighted by atomic mass is 9.85. The summed E-state index contributed by atoms with van der Waals surface area (Å²) < 4.78 is 32.6. The number of nitrogens with zero attached hydrogens (tertiary/aromatic N) is 1. The number of rotatable bonds is 7. The maximum Gasteiger partial charge on any atom is 0.240 e. The Morgan fingerprint density at radius 3 is 2.54 bits per heavy atom. The van der Waals surface area contributed by atoms with Crippen molar-refractivity contribution in [3.63, 3.8) is 0 Å². The molecule has 0 aromatic heterocycles. The highest BCUT2D eigenvalue weighted by Gasteiger charge is 2.44. The van der Waals surface area contributed by atoms with Gasteiger partial charge < -0.3 is 9.64 Å². The number of likely N-dealkylation sites (N-methyl/N-ethyl adjacent to an activating group) is 1. The van der Waals surface area contributed by atoms with Crippen molar-refractivity contribution >= 4 is 21.6 Å². The van der Waals surface area contributed by atoms with E-state index in [1.165, 1.54) is 0 Å². The standard InChI is InChI=1S/C17H26N2O4S/c1-6-19-15-12(2)10-13(11-14(15)17(3,4)16(19)20)24(21,22)18-8-7-9-23-5/h10-11,18H,6-9H2,1-5H3. The minimum atomic E-state index is -3.61. The first-order valence-electron chi connectivity index (χ1n) is 8.12. The predicted molar refractivity (Wildman–Crippen MR) is 93.9 cm³/mol. The third-order valence-corrected chi connectivity index (χ3v) is 5.88. The van der Waals surface area contributed by atoms with Gasteiger partial charge in [0.05, 0.1) is 16.0 Å². The van der Waals surface area contributed by atoms with Crippen LogP contribution in [0.5, 0.6) is 0 Å². The van der Waals surface area contributed by atoms with E-state index >= 15 is 0 Å².